The average Bonchev–Trinajstić information content (AvgIpc) is 2.71. The fraction of sp³-hybridized carbons (Fsp3) is 0.571. The molecule has 7 nitrogen and oxygen atoms in total. The van der Waals surface area contributed by atoms with Crippen molar-refractivity contribution >= 4 is 23.4 Å². The summed E-state index contributed by atoms with van der Waals surface area (Å²) >= 11 is 0. The second-order valence-corrected chi connectivity index (χ2v) is 7.13. The maximum Gasteiger partial charge on any atom is 0.251 e. The van der Waals surface area contributed by atoms with Crippen molar-refractivity contribution in [2.45, 2.75) is 33.6 Å². The molecule has 154 valence electrons. The fourth-order valence-corrected chi connectivity index (χ4v) is 3.38. The third-order valence-corrected chi connectivity index (χ3v) is 5.33. The number of carbonyl (C=O) groups is 3. The second-order valence-electron chi connectivity index (χ2n) is 7.13. The van der Waals surface area contributed by atoms with E-state index in [1.54, 1.807) is 36.1 Å². The number of nitrogens with one attached hydrogen (secondary N) is 2. The van der Waals surface area contributed by atoms with Crippen molar-refractivity contribution < 1.29 is 14.4 Å². The van der Waals surface area contributed by atoms with Crippen LogP contribution >= 0.6 is 0 Å². The minimum Gasteiger partial charge on any atom is -0.351 e. The number of amides is 3. The highest BCUT2D eigenvalue weighted by molar-refractivity contribution is 5.96. The molecule has 0 aromatic heterocycles. The van der Waals surface area contributed by atoms with E-state index in [1.807, 2.05) is 0 Å². The molecule has 1 aromatic carbocycles. The molecule has 1 aliphatic rings. The molecule has 0 spiro atoms. The first-order valence-electron chi connectivity index (χ1n) is 10.1. The summed E-state index contributed by atoms with van der Waals surface area (Å²) in [5.74, 6) is -0.162. The molecular formula is C21H32N4O3. The molecule has 0 aliphatic carbocycles. The molecule has 1 aromatic rings. The molecule has 0 saturated carbocycles. The highest BCUT2D eigenvalue weighted by atomic mass is 16.2. The summed E-state index contributed by atoms with van der Waals surface area (Å²) in [6.45, 7) is 10.4. The third-order valence-electron chi connectivity index (χ3n) is 5.33. The lowest BCUT2D eigenvalue weighted by atomic mass is 9.96. The van der Waals surface area contributed by atoms with E-state index in [4.69, 9.17) is 0 Å². The van der Waals surface area contributed by atoms with Gasteiger partial charge in [-0.15, -0.1) is 0 Å². The quantitative estimate of drug-likeness (QED) is 0.713. The van der Waals surface area contributed by atoms with Crippen molar-refractivity contribution in [3.63, 3.8) is 0 Å². The van der Waals surface area contributed by atoms with E-state index in [9.17, 15) is 14.4 Å². The number of anilines is 1. The lowest BCUT2D eigenvalue weighted by molar-refractivity contribution is -0.132. The van der Waals surface area contributed by atoms with Crippen molar-refractivity contribution in [1.29, 1.82) is 0 Å². The fourth-order valence-electron chi connectivity index (χ4n) is 3.38. The van der Waals surface area contributed by atoms with Crippen LogP contribution < -0.4 is 10.6 Å². The topological polar surface area (TPSA) is 81.8 Å². The minimum absolute atomic E-state index is 0.0281. The first-order chi connectivity index (χ1) is 13.4. The lowest BCUT2D eigenvalue weighted by Gasteiger charge is -2.30. The molecule has 0 bridgehead atoms. The van der Waals surface area contributed by atoms with Crippen LogP contribution in [0.4, 0.5) is 5.69 Å². The Bertz CT molecular complexity index is 663. The maximum absolute atomic E-state index is 12.4. The summed E-state index contributed by atoms with van der Waals surface area (Å²) in [4.78, 5) is 40.0. The molecule has 2 N–H and O–H groups in total. The monoisotopic (exact) mass is 388 g/mol. The van der Waals surface area contributed by atoms with E-state index >= 15 is 0 Å². The Morgan fingerprint density at radius 2 is 1.68 bits per heavy atom. The Hall–Kier alpha value is -2.41. The number of hydrogen-bond donors (Lipinski definition) is 2. The first-order valence-corrected chi connectivity index (χ1v) is 10.1. The molecule has 1 saturated heterocycles. The lowest BCUT2D eigenvalue weighted by Crippen LogP contribution is -2.40. The number of likely N-dealkylation sites (tertiary alicyclic amines) is 1. The third kappa shape index (κ3) is 6.34. The largest absolute Gasteiger partial charge is 0.351 e. The Balaban J connectivity index is 1.79. The normalized spacial score (nSPS) is 14.8. The smallest absolute Gasteiger partial charge is 0.251 e. The number of nitrogens with zero attached hydrogens (tertiary/aromatic N) is 2. The van der Waals surface area contributed by atoms with Crippen LogP contribution in [0.5, 0.6) is 0 Å². The van der Waals surface area contributed by atoms with Gasteiger partial charge in [0.15, 0.2) is 0 Å². The summed E-state index contributed by atoms with van der Waals surface area (Å²) in [6.07, 6.45) is 1.36. The van der Waals surface area contributed by atoms with Gasteiger partial charge in [0.25, 0.3) is 5.91 Å². The van der Waals surface area contributed by atoms with Gasteiger partial charge in [-0.25, -0.2) is 0 Å². The van der Waals surface area contributed by atoms with Gasteiger partial charge in [0.2, 0.25) is 11.8 Å². The van der Waals surface area contributed by atoms with Gasteiger partial charge in [0.1, 0.15) is 0 Å². The predicted octanol–water partition coefficient (Wildman–Crippen LogP) is 1.96. The summed E-state index contributed by atoms with van der Waals surface area (Å²) < 4.78 is 0. The van der Waals surface area contributed by atoms with Gasteiger partial charge < -0.3 is 20.4 Å². The molecule has 0 atom stereocenters. The van der Waals surface area contributed by atoms with Crippen molar-refractivity contribution in [3.8, 4) is 0 Å². The Morgan fingerprint density at radius 1 is 1.07 bits per heavy atom. The van der Waals surface area contributed by atoms with Crippen LogP contribution in [-0.2, 0) is 9.59 Å². The summed E-state index contributed by atoms with van der Waals surface area (Å²) in [5.41, 5.74) is 1.26. The maximum atomic E-state index is 12.4. The van der Waals surface area contributed by atoms with Crippen LogP contribution in [0, 0.1) is 5.92 Å². The van der Waals surface area contributed by atoms with E-state index in [0.29, 0.717) is 43.7 Å². The van der Waals surface area contributed by atoms with E-state index in [0.717, 1.165) is 19.6 Å². The van der Waals surface area contributed by atoms with Crippen molar-refractivity contribution in [3.05, 3.63) is 29.8 Å². The van der Waals surface area contributed by atoms with Gasteiger partial charge >= 0.3 is 0 Å². The standard InChI is InChI=1S/C21H32N4O3/c1-4-24(5-2)15-12-22-20(27)17-6-8-19(9-7-17)23-21(28)18-10-13-25(14-11-18)16(3)26/h6-9,18H,4-5,10-15H2,1-3H3,(H,22,27)(H,23,28). The Kier molecular flexibility index (Phi) is 8.44. The van der Waals surface area contributed by atoms with Crippen LogP contribution in [0.15, 0.2) is 24.3 Å². The average molecular weight is 389 g/mol. The number of carbonyl (C=O) groups excluding carboxylic acids is 3. The highest BCUT2D eigenvalue weighted by Gasteiger charge is 2.26. The molecule has 1 aliphatic heterocycles. The number of benzene rings is 1. The highest BCUT2D eigenvalue weighted by Crippen LogP contribution is 2.20. The number of piperidine rings is 1. The summed E-state index contributed by atoms with van der Waals surface area (Å²) in [7, 11) is 0. The van der Waals surface area contributed by atoms with Gasteiger partial charge in [-0.3, -0.25) is 14.4 Å². The Morgan fingerprint density at radius 3 is 2.21 bits per heavy atom. The zero-order chi connectivity index (χ0) is 20.5. The molecule has 0 radical (unpaired) electrons. The molecule has 2 rings (SSSR count). The molecule has 1 fully saturated rings. The van der Waals surface area contributed by atoms with Crippen LogP contribution in [0.1, 0.15) is 44.0 Å². The number of likely N-dealkylation sites (N-methyl/N-ethyl adjacent to an activating group) is 1. The van der Waals surface area contributed by atoms with E-state index in [-0.39, 0.29) is 23.6 Å². The zero-order valence-corrected chi connectivity index (χ0v) is 17.2. The van der Waals surface area contributed by atoms with Crippen molar-refractivity contribution in [2.24, 2.45) is 5.92 Å². The van der Waals surface area contributed by atoms with Gasteiger partial charge in [-0.2, -0.15) is 0 Å². The predicted molar refractivity (Wildman–Crippen MR) is 110 cm³/mol. The van der Waals surface area contributed by atoms with Crippen LogP contribution in [0.2, 0.25) is 0 Å². The molecular weight excluding hydrogens is 356 g/mol. The molecule has 1 heterocycles. The molecule has 0 unspecified atom stereocenters. The minimum atomic E-state index is -0.110. The second kappa shape index (κ2) is 10.8. The molecule has 7 heteroatoms. The van der Waals surface area contributed by atoms with Gasteiger partial charge in [0, 0.05) is 50.3 Å². The molecule has 3 amide bonds. The SMILES string of the molecule is CCN(CC)CCNC(=O)c1ccc(NC(=O)C2CCN(C(C)=O)CC2)cc1. The van der Waals surface area contributed by atoms with Crippen molar-refractivity contribution in [1.82, 2.24) is 15.1 Å². The van der Waals surface area contributed by atoms with Crippen LogP contribution in [0.3, 0.4) is 0 Å². The summed E-state index contributed by atoms with van der Waals surface area (Å²) in [5, 5.41) is 5.84. The van der Waals surface area contributed by atoms with E-state index < -0.39 is 0 Å². The number of hydrogen-bond acceptors (Lipinski definition) is 4. The van der Waals surface area contributed by atoms with Crippen LogP contribution in [0.25, 0.3) is 0 Å². The van der Waals surface area contributed by atoms with E-state index in [1.165, 1.54) is 0 Å². The Labute approximate surface area is 167 Å². The summed E-state index contributed by atoms with van der Waals surface area (Å²) in [6, 6.07) is 6.95. The van der Waals surface area contributed by atoms with Crippen molar-refractivity contribution in [2.75, 3.05) is 44.6 Å². The van der Waals surface area contributed by atoms with Gasteiger partial charge in [-0.1, -0.05) is 13.8 Å². The van der Waals surface area contributed by atoms with Gasteiger partial charge in [0.05, 0.1) is 0 Å². The number of rotatable bonds is 8. The van der Waals surface area contributed by atoms with Crippen LogP contribution in [-0.4, -0.2) is 66.8 Å². The first kappa shape index (κ1) is 21.9. The molecule has 28 heavy (non-hydrogen) atoms. The van der Waals surface area contributed by atoms with Gasteiger partial charge in [-0.05, 0) is 50.2 Å². The van der Waals surface area contributed by atoms with E-state index in [2.05, 4.69) is 29.4 Å². The zero-order valence-electron chi connectivity index (χ0n) is 17.2.